The highest BCUT2D eigenvalue weighted by atomic mass is 127. The average molecular weight is 509 g/mol. The third-order valence-corrected chi connectivity index (χ3v) is 5.23. The minimum Gasteiger partial charge on any atom is -0.357 e. The molecule has 0 spiro atoms. The van der Waals surface area contributed by atoms with Crippen LogP contribution >= 0.6 is 24.0 Å². The first kappa shape index (κ1) is 23.3. The lowest BCUT2D eigenvalue weighted by molar-refractivity contribution is 0.566. The van der Waals surface area contributed by atoms with Gasteiger partial charge in [0, 0.05) is 13.1 Å². The highest BCUT2D eigenvalue weighted by molar-refractivity contribution is 14.0. The Morgan fingerprint density at radius 3 is 2.48 bits per heavy atom. The lowest BCUT2D eigenvalue weighted by atomic mass is 10.2. The van der Waals surface area contributed by atoms with Crippen molar-refractivity contribution in [1.82, 2.24) is 10.6 Å². The fourth-order valence-electron chi connectivity index (χ4n) is 2.26. The summed E-state index contributed by atoms with van der Waals surface area (Å²) in [5.74, 6) is -0.982. The number of guanidine groups is 1. The first-order valence-corrected chi connectivity index (χ1v) is 9.81. The van der Waals surface area contributed by atoms with Gasteiger partial charge in [0.05, 0.1) is 12.3 Å². The zero-order valence-corrected chi connectivity index (χ0v) is 17.9. The summed E-state index contributed by atoms with van der Waals surface area (Å²) in [5, 5.41) is 5.88. The number of nitrogens with zero attached hydrogens (tertiary/aromatic N) is 1. The Morgan fingerprint density at radius 2 is 1.81 bits per heavy atom. The Bertz CT molecular complexity index is 876. The summed E-state index contributed by atoms with van der Waals surface area (Å²) in [4.78, 5) is 3.98. The molecule has 0 unspecified atom stereocenters. The van der Waals surface area contributed by atoms with Gasteiger partial charge in [0.15, 0.2) is 15.8 Å². The minimum absolute atomic E-state index is 0. The lowest BCUT2D eigenvalue weighted by Gasteiger charge is -2.12. The molecule has 2 rings (SSSR count). The molecule has 0 radical (unpaired) electrons. The van der Waals surface area contributed by atoms with E-state index >= 15 is 0 Å². The molecule has 2 aromatic rings. The number of rotatable bonds is 7. The summed E-state index contributed by atoms with van der Waals surface area (Å²) in [7, 11) is -3.74. The summed E-state index contributed by atoms with van der Waals surface area (Å²) in [5.41, 5.74) is 0.696. The molecule has 5 nitrogen and oxygen atoms in total. The Morgan fingerprint density at radius 1 is 1.07 bits per heavy atom. The standard InChI is InChI=1S/C18H21F2N3O2S.HI/c1-2-21-18(23-13-14-6-5-7-15(19)12-14)22-10-11-26(24,25)17-9-4-3-8-16(17)20;/h3-9,12H,2,10-11,13H2,1H3,(H2,21,22,23);1H. The van der Waals surface area contributed by atoms with Gasteiger partial charge in [-0.05, 0) is 36.8 Å². The Balaban J connectivity index is 0.00000364. The second-order valence-electron chi connectivity index (χ2n) is 5.50. The number of nitrogens with one attached hydrogen (secondary N) is 2. The summed E-state index contributed by atoms with van der Waals surface area (Å²) in [6, 6.07) is 11.4. The second-order valence-corrected chi connectivity index (χ2v) is 7.58. The Kier molecular flexibility index (Phi) is 9.64. The van der Waals surface area contributed by atoms with E-state index in [0.717, 1.165) is 6.07 Å². The summed E-state index contributed by atoms with van der Waals surface area (Å²) >= 11 is 0. The van der Waals surface area contributed by atoms with Crippen molar-refractivity contribution in [3.63, 3.8) is 0 Å². The van der Waals surface area contributed by atoms with Gasteiger partial charge in [0.1, 0.15) is 16.5 Å². The lowest BCUT2D eigenvalue weighted by Crippen LogP contribution is -2.39. The Hall–Kier alpha value is -1.75. The molecule has 148 valence electrons. The molecule has 9 heteroatoms. The smallest absolute Gasteiger partial charge is 0.191 e. The normalized spacial score (nSPS) is 11.6. The number of sulfone groups is 1. The highest BCUT2D eigenvalue weighted by Gasteiger charge is 2.18. The van der Waals surface area contributed by atoms with Gasteiger partial charge in [0.25, 0.3) is 0 Å². The molecule has 0 aliphatic rings. The predicted octanol–water partition coefficient (Wildman–Crippen LogP) is 3.11. The third kappa shape index (κ3) is 7.41. The minimum atomic E-state index is -3.74. The van der Waals surface area contributed by atoms with E-state index in [-0.39, 0.29) is 53.5 Å². The van der Waals surface area contributed by atoms with Gasteiger partial charge in [-0.1, -0.05) is 24.3 Å². The van der Waals surface area contributed by atoms with Crippen LogP contribution in [-0.2, 0) is 16.4 Å². The first-order chi connectivity index (χ1) is 12.4. The van der Waals surface area contributed by atoms with Gasteiger partial charge < -0.3 is 10.6 Å². The van der Waals surface area contributed by atoms with Gasteiger partial charge in [-0.25, -0.2) is 22.2 Å². The van der Waals surface area contributed by atoms with Crippen LogP contribution in [0.2, 0.25) is 0 Å². The number of hydrogen-bond acceptors (Lipinski definition) is 3. The van der Waals surface area contributed by atoms with E-state index in [1.165, 1.54) is 30.3 Å². The van der Waals surface area contributed by atoms with E-state index in [1.807, 2.05) is 6.92 Å². The van der Waals surface area contributed by atoms with Crippen LogP contribution in [0, 0.1) is 11.6 Å². The molecule has 0 heterocycles. The third-order valence-electron chi connectivity index (χ3n) is 3.49. The topological polar surface area (TPSA) is 70.6 Å². The van der Waals surface area contributed by atoms with Crippen molar-refractivity contribution in [2.24, 2.45) is 4.99 Å². The molecule has 0 aromatic heterocycles. The van der Waals surface area contributed by atoms with E-state index in [9.17, 15) is 17.2 Å². The number of benzene rings is 2. The molecule has 2 N–H and O–H groups in total. The van der Waals surface area contributed by atoms with Gasteiger partial charge in [-0.2, -0.15) is 0 Å². The fraction of sp³-hybridized carbons (Fsp3) is 0.278. The molecule has 2 aromatic carbocycles. The van der Waals surface area contributed by atoms with E-state index in [1.54, 1.807) is 12.1 Å². The van der Waals surface area contributed by atoms with E-state index < -0.39 is 15.7 Å². The van der Waals surface area contributed by atoms with Gasteiger partial charge in [-0.15, -0.1) is 24.0 Å². The Labute approximate surface area is 175 Å². The predicted molar refractivity (Wildman–Crippen MR) is 113 cm³/mol. The molecular formula is C18H22F2IN3O2S. The number of aliphatic imine (C=N–C) groups is 1. The van der Waals surface area contributed by atoms with Crippen LogP contribution in [0.4, 0.5) is 8.78 Å². The van der Waals surface area contributed by atoms with Crippen molar-refractivity contribution in [1.29, 1.82) is 0 Å². The van der Waals surface area contributed by atoms with E-state index in [2.05, 4.69) is 15.6 Å². The zero-order valence-electron chi connectivity index (χ0n) is 14.8. The van der Waals surface area contributed by atoms with Crippen molar-refractivity contribution >= 4 is 39.8 Å². The van der Waals surface area contributed by atoms with Crippen LogP contribution in [0.3, 0.4) is 0 Å². The van der Waals surface area contributed by atoms with Crippen molar-refractivity contribution < 1.29 is 17.2 Å². The van der Waals surface area contributed by atoms with Crippen LogP contribution in [0.15, 0.2) is 58.4 Å². The maximum absolute atomic E-state index is 13.7. The van der Waals surface area contributed by atoms with Gasteiger partial charge in [-0.3, -0.25) is 0 Å². The summed E-state index contributed by atoms with van der Waals surface area (Å²) in [6.07, 6.45) is 0. The largest absolute Gasteiger partial charge is 0.357 e. The van der Waals surface area contributed by atoms with Crippen LogP contribution < -0.4 is 10.6 Å². The number of hydrogen-bond donors (Lipinski definition) is 2. The van der Waals surface area contributed by atoms with Crippen LogP contribution in [0.25, 0.3) is 0 Å². The van der Waals surface area contributed by atoms with Gasteiger partial charge >= 0.3 is 0 Å². The molecule has 0 saturated carbocycles. The maximum atomic E-state index is 13.7. The van der Waals surface area contributed by atoms with Crippen molar-refractivity contribution in [2.75, 3.05) is 18.8 Å². The summed E-state index contributed by atoms with van der Waals surface area (Å²) in [6.45, 7) is 2.75. The van der Waals surface area contributed by atoms with Crippen LogP contribution in [0.1, 0.15) is 12.5 Å². The second kappa shape index (κ2) is 11.2. The molecule has 0 fully saturated rings. The molecular weight excluding hydrogens is 487 g/mol. The van der Waals surface area contributed by atoms with Crippen LogP contribution in [-0.4, -0.2) is 33.2 Å². The van der Waals surface area contributed by atoms with E-state index in [4.69, 9.17) is 0 Å². The van der Waals surface area contributed by atoms with E-state index in [0.29, 0.717) is 18.1 Å². The molecule has 0 saturated heterocycles. The SMILES string of the molecule is CCNC(=NCc1cccc(F)c1)NCCS(=O)(=O)c1ccccc1F.I. The molecule has 0 bridgehead atoms. The molecule has 0 amide bonds. The zero-order chi connectivity index (χ0) is 19.0. The van der Waals surface area contributed by atoms with Crippen molar-refractivity contribution in [2.45, 2.75) is 18.4 Å². The molecule has 0 aliphatic heterocycles. The monoisotopic (exact) mass is 509 g/mol. The molecule has 27 heavy (non-hydrogen) atoms. The average Bonchev–Trinajstić information content (AvgIpc) is 2.60. The molecule has 0 aliphatic carbocycles. The fourth-order valence-corrected chi connectivity index (χ4v) is 3.50. The van der Waals surface area contributed by atoms with Crippen molar-refractivity contribution in [3.8, 4) is 0 Å². The number of halogens is 3. The quantitative estimate of drug-likeness (QED) is 0.342. The summed E-state index contributed by atoms with van der Waals surface area (Å²) < 4.78 is 51.3. The first-order valence-electron chi connectivity index (χ1n) is 8.16. The van der Waals surface area contributed by atoms with Gasteiger partial charge in [0.2, 0.25) is 0 Å². The highest BCUT2D eigenvalue weighted by Crippen LogP contribution is 2.14. The van der Waals surface area contributed by atoms with Crippen LogP contribution in [0.5, 0.6) is 0 Å². The molecule has 0 atom stereocenters. The maximum Gasteiger partial charge on any atom is 0.191 e. The van der Waals surface area contributed by atoms with Crippen molar-refractivity contribution in [3.05, 3.63) is 65.7 Å².